The van der Waals surface area contributed by atoms with Crippen molar-refractivity contribution in [2.75, 3.05) is 7.05 Å². The van der Waals surface area contributed by atoms with Gasteiger partial charge in [-0.3, -0.25) is 14.2 Å². The third-order valence-electron chi connectivity index (χ3n) is 2.03. The van der Waals surface area contributed by atoms with Crippen LogP contribution in [0.4, 0.5) is 0 Å². The zero-order valence-electron chi connectivity index (χ0n) is 8.06. The molecule has 0 unspecified atom stereocenters. The van der Waals surface area contributed by atoms with Crippen molar-refractivity contribution in [3.63, 3.8) is 0 Å². The third kappa shape index (κ3) is 1.75. The van der Waals surface area contributed by atoms with Gasteiger partial charge in [-0.2, -0.15) is 0 Å². The summed E-state index contributed by atoms with van der Waals surface area (Å²) in [6, 6.07) is 1.78. The van der Waals surface area contributed by atoms with Crippen LogP contribution in [0.3, 0.4) is 0 Å². The van der Waals surface area contributed by atoms with Crippen molar-refractivity contribution in [3.8, 4) is 0 Å². The molecule has 0 saturated carbocycles. The first-order valence-electron chi connectivity index (χ1n) is 4.35. The molecule has 0 saturated heterocycles. The minimum absolute atomic E-state index is 0.0101. The molecule has 15 heavy (non-hydrogen) atoms. The average Bonchev–Trinajstić information content (AvgIpc) is 2.70. The first-order valence-corrected chi connectivity index (χ1v) is 5.23. The van der Waals surface area contributed by atoms with Gasteiger partial charge in [0.25, 0.3) is 5.56 Å². The molecule has 2 rings (SSSR count). The first kappa shape index (κ1) is 9.85. The number of rotatable bonds is 2. The highest BCUT2D eigenvalue weighted by molar-refractivity contribution is 7.17. The molecule has 1 N–H and O–H groups in total. The van der Waals surface area contributed by atoms with Crippen LogP contribution in [0.25, 0.3) is 10.2 Å². The summed E-state index contributed by atoms with van der Waals surface area (Å²) in [5, 5.41) is 4.27. The second kappa shape index (κ2) is 3.82. The Kier molecular flexibility index (Phi) is 2.51. The zero-order valence-corrected chi connectivity index (χ0v) is 8.87. The van der Waals surface area contributed by atoms with Gasteiger partial charge in [0.15, 0.2) is 0 Å². The molecule has 0 aliphatic carbocycles. The number of carbonyl (C=O) groups excluding carboxylic acids is 1. The third-order valence-corrected chi connectivity index (χ3v) is 2.92. The Balaban J connectivity index is 2.48. The van der Waals surface area contributed by atoms with E-state index in [1.807, 2.05) is 5.38 Å². The van der Waals surface area contributed by atoms with E-state index in [4.69, 9.17) is 0 Å². The monoisotopic (exact) mass is 223 g/mol. The topological polar surface area (TPSA) is 64.0 Å². The average molecular weight is 223 g/mol. The predicted octanol–water partition coefficient (Wildman–Crippen LogP) is 0.204. The molecule has 2 aromatic rings. The van der Waals surface area contributed by atoms with E-state index in [-0.39, 0.29) is 18.0 Å². The van der Waals surface area contributed by atoms with Gasteiger partial charge in [0, 0.05) is 7.05 Å². The van der Waals surface area contributed by atoms with Gasteiger partial charge in [0.05, 0.1) is 11.8 Å². The molecule has 1 amide bonds. The number of nitrogens with one attached hydrogen (secondary N) is 1. The lowest BCUT2D eigenvalue weighted by atomic mass is 10.4. The smallest absolute Gasteiger partial charge is 0.271 e. The van der Waals surface area contributed by atoms with Crippen LogP contribution in [0.1, 0.15) is 0 Å². The lowest BCUT2D eigenvalue weighted by molar-refractivity contribution is -0.121. The van der Waals surface area contributed by atoms with Crippen molar-refractivity contribution in [1.29, 1.82) is 0 Å². The molecule has 5 nitrogen and oxygen atoms in total. The highest BCUT2D eigenvalue weighted by Gasteiger charge is 2.07. The predicted molar refractivity (Wildman–Crippen MR) is 57.9 cm³/mol. The number of thiophene rings is 1. The minimum atomic E-state index is -0.213. The van der Waals surface area contributed by atoms with E-state index in [0.717, 1.165) is 0 Å². The van der Waals surface area contributed by atoms with Gasteiger partial charge < -0.3 is 5.32 Å². The van der Waals surface area contributed by atoms with Crippen LogP contribution in [0.5, 0.6) is 0 Å². The van der Waals surface area contributed by atoms with Crippen molar-refractivity contribution < 1.29 is 4.79 Å². The molecular formula is C9H9N3O2S. The quantitative estimate of drug-likeness (QED) is 0.791. The van der Waals surface area contributed by atoms with Crippen LogP contribution >= 0.6 is 11.3 Å². The van der Waals surface area contributed by atoms with Gasteiger partial charge in [-0.25, -0.2) is 4.98 Å². The lowest BCUT2D eigenvalue weighted by Gasteiger charge is -2.02. The fourth-order valence-electron chi connectivity index (χ4n) is 1.23. The van der Waals surface area contributed by atoms with E-state index in [9.17, 15) is 9.59 Å². The Morgan fingerprint density at radius 2 is 2.47 bits per heavy atom. The van der Waals surface area contributed by atoms with Crippen LogP contribution in [0, 0.1) is 0 Å². The number of likely N-dealkylation sites (N-methyl/N-ethyl adjacent to an activating group) is 1. The Morgan fingerprint density at radius 3 is 3.20 bits per heavy atom. The fraction of sp³-hybridized carbons (Fsp3) is 0.222. The van der Waals surface area contributed by atoms with Gasteiger partial charge in [0.2, 0.25) is 5.91 Å². The molecule has 0 atom stereocenters. The number of hydrogen-bond donors (Lipinski definition) is 1. The van der Waals surface area contributed by atoms with Gasteiger partial charge in [0.1, 0.15) is 11.2 Å². The van der Waals surface area contributed by atoms with Crippen molar-refractivity contribution in [2.45, 2.75) is 6.54 Å². The molecule has 78 valence electrons. The van der Waals surface area contributed by atoms with Gasteiger partial charge in [-0.15, -0.1) is 11.3 Å². The van der Waals surface area contributed by atoms with Gasteiger partial charge in [-0.1, -0.05) is 0 Å². The molecule has 2 aromatic heterocycles. The molecule has 0 aromatic carbocycles. The van der Waals surface area contributed by atoms with E-state index >= 15 is 0 Å². The Bertz CT molecular complexity index is 558. The molecule has 2 heterocycles. The Labute approximate surface area is 89.4 Å². The molecule has 0 aliphatic rings. The van der Waals surface area contributed by atoms with Crippen molar-refractivity contribution >= 4 is 27.5 Å². The van der Waals surface area contributed by atoms with Crippen LogP contribution in [-0.2, 0) is 11.3 Å². The number of fused-ring (bicyclic) bond motifs is 1. The number of hydrogen-bond acceptors (Lipinski definition) is 4. The number of nitrogens with zero attached hydrogens (tertiary/aromatic N) is 2. The normalized spacial score (nSPS) is 10.5. The molecule has 0 radical (unpaired) electrons. The molecule has 0 fully saturated rings. The molecular weight excluding hydrogens is 214 g/mol. The minimum Gasteiger partial charge on any atom is -0.358 e. The van der Waals surface area contributed by atoms with Crippen LogP contribution in [-0.4, -0.2) is 22.5 Å². The summed E-state index contributed by atoms with van der Waals surface area (Å²) < 4.78 is 1.89. The largest absolute Gasteiger partial charge is 0.358 e. The summed E-state index contributed by atoms with van der Waals surface area (Å²) in [5.41, 5.74) is 0.511. The molecule has 0 bridgehead atoms. The summed E-state index contributed by atoms with van der Waals surface area (Å²) in [5.74, 6) is -0.213. The van der Waals surface area contributed by atoms with E-state index in [0.29, 0.717) is 10.2 Å². The van der Waals surface area contributed by atoms with E-state index in [2.05, 4.69) is 10.3 Å². The van der Waals surface area contributed by atoms with E-state index in [1.54, 1.807) is 6.07 Å². The Morgan fingerprint density at radius 1 is 1.67 bits per heavy atom. The number of aromatic nitrogens is 2. The summed E-state index contributed by atoms with van der Waals surface area (Å²) in [6.07, 6.45) is 1.40. The maximum Gasteiger partial charge on any atom is 0.271 e. The summed E-state index contributed by atoms with van der Waals surface area (Å²) in [6.45, 7) is 0.0101. The van der Waals surface area contributed by atoms with E-state index in [1.165, 1.54) is 29.3 Å². The highest BCUT2D eigenvalue weighted by atomic mass is 32.1. The summed E-state index contributed by atoms with van der Waals surface area (Å²) >= 11 is 1.34. The van der Waals surface area contributed by atoms with Gasteiger partial charge in [-0.05, 0) is 11.4 Å². The second-order valence-electron chi connectivity index (χ2n) is 2.99. The lowest BCUT2D eigenvalue weighted by Crippen LogP contribution is -2.29. The van der Waals surface area contributed by atoms with Crippen molar-refractivity contribution in [2.24, 2.45) is 0 Å². The first-order chi connectivity index (χ1) is 7.22. The van der Waals surface area contributed by atoms with Gasteiger partial charge >= 0.3 is 0 Å². The van der Waals surface area contributed by atoms with Crippen molar-refractivity contribution in [1.82, 2.24) is 14.9 Å². The summed E-state index contributed by atoms with van der Waals surface area (Å²) in [7, 11) is 1.53. The number of carbonyl (C=O) groups is 1. The molecule has 6 heteroatoms. The second-order valence-corrected chi connectivity index (χ2v) is 3.90. The van der Waals surface area contributed by atoms with Crippen LogP contribution in [0.2, 0.25) is 0 Å². The SMILES string of the molecule is CNC(=O)Cn1cnc2ccsc2c1=O. The number of amides is 1. The summed E-state index contributed by atoms with van der Waals surface area (Å²) in [4.78, 5) is 27.0. The van der Waals surface area contributed by atoms with Crippen LogP contribution in [0.15, 0.2) is 22.6 Å². The maximum absolute atomic E-state index is 11.8. The molecule has 0 spiro atoms. The standard InChI is InChI=1S/C9H9N3O2S/c1-10-7(13)4-12-5-11-6-2-3-15-8(6)9(12)14/h2-3,5H,4H2,1H3,(H,10,13). The maximum atomic E-state index is 11.8. The zero-order chi connectivity index (χ0) is 10.8. The van der Waals surface area contributed by atoms with E-state index < -0.39 is 0 Å². The fourth-order valence-corrected chi connectivity index (χ4v) is 2.02. The Hall–Kier alpha value is -1.69. The molecule has 0 aliphatic heterocycles. The highest BCUT2D eigenvalue weighted by Crippen LogP contribution is 2.12. The van der Waals surface area contributed by atoms with Crippen LogP contribution < -0.4 is 10.9 Å². The van der Waals surface area contributed by atoms with Crippen molar-refractivity contribution in [3.05, 3.63) is 28.1 Å².